The van der Waals surface area contributed by atoms with E-state index in [9.17, 15) is 4.79 Å². The van der Waals surface area contributed by atoms with Crippen LogP contribution in [0.25, 0.3) is 16.8 Å². The van der Waals surface area contributed by atoms with Gasteiger partial charge in [-0.3, -0.25) is 10.1 Å². The minimum atomic E-state index is -0.225. The second kappa shape index (κ2) is 5.19. The third-order valence-corrected chi connectivity index (χ3v) is 3.82. The van der Waals surface area contributed by atoms with Crippen molar-refractivity contribution >= 4 is 39.7 Å². The molecule has 1 saturated heterocycles. The number of fused-ring (bicyclic) bond motifs is 1. The number of carbonyl (C=O) groups excluding carboxylic acids is 1. The van der Waals surface area contributed by atoms with E-state index in [2.05, 4.69) is 10.3 Å². The number of benzene rings is 2. The summed E-state index contributed by atoms with van der Waals surface area (Å²) in [5.41, 5.74) is 0.971. The highest BCUT2D eigenvalue weighted by Gasteiger charge is 2.23. The van der Waals surface area contributed by atoms with Gasteiger partial charge in [0.25, 0.3) is 5.91 Å². The molecule has 0 unspecified atom stereocenters. The molecule has 1 heterocycles. The van der Waals surface area contributed by atoms with Crippen LogP contribution in [0.1, 0.15) is 5.56 Å². The Hall–Kier alpha value is -2.58. The summed E-state index contributed by atoms with van der Waals surface area (Å²) in [4.78, 5) is 15.9. The third-order valence-electron chi connectivity index (χ3n) is 2.91. The molecule has 5 heteroatoms. The number of nitrogens with zero attached hydrogens (tertiary/aromatic N) is 2. The molecule has 1 fully saturated rings. The SMILES string of the molecule is N#CN=C1NC(=O)/C(=C/c2cccc3ccccc23)S1. The molecule has 0 radical (unpaired) electrons. The molecule has 3 rings (SSSR count). The maximum Gasteiger partial charge on any atom is 0.264 e. The monoisotopic (exact) mass is 279 g/mol. The molecule has 0 atom stereocenters. The van der Waals surface area contributed by atoms with E-state index in [0.29, 0.717) is 10.1 Å². The van der Waals surface area contributed by atoms with Gasteiger partial charge >= 0.3 is 0 Å². The van der Waals surface area contributed by atoms with Crippen LogP contribution >= 0.6 is 11.8 Å². The summed E-state index contributed by atoms with van der Waals surface area (Å²) in [7, 11) is 0. The predicted molar refractivity (Wildman–Crippen MR) is 80.7 cm³/mol. The van der Waals surface area contributed by atoms with E-state index in [0.717, 1.165) is 16.3 Å². The van der Waals surface area contributed by atoms with Gasteiger partial charge in [0.15, 0.2) is 5.17 Å². The molecule has 1 amide bonds. The molecule has 4 nitrogen and oxygen atoms in total. The van der Waals surface area contributed by atoms with Gasteiger partial charge in [0.1, 0.15) is 0 Å². The first kappa shape index (κ1) is 12.5. The Kier molecular flexibility index (Phi) is 3.23. The molecule has 0 saturated carbocycles. The van der Waals surface area contributed by atoms with Crippen LogP contribution in [0, 0.1) is 11.5 Å². The molecule has 2 aromatic rings. The molecular formula is C15H9N3OS. The second-order valence-electron chi connectivity index (χ2n) is 4.15. The lowest BCUT2D eigenvalue weighted by atomic mass is 10.0. The van der Waals surface area contributed by atoms with Gasteiger partial charge in [-0.1, -0.05) is 42.5 Å². The minimum Gasteiger partial charge on any atom is -0.300 e. The molecule has 0 aromatic heterocycles. The number of amidine groups is 1. The normalized spacial score (nSPS) is 18.4. The van der Waals surface area contributed by atoms with Gasteiger partial charge in [-0.25, -0.2) is 0 Å². The van der Waals surface area contributed by atoms with Crippen LogP contribution in [0.4, 0.5) is 0 Å². The Labute approximate surface area is 119 Å². The summed E-state index contributed by atoms with van der Waals surface area (Å²) >= 11 is 1.17. The van der Waals surface area contributed by atoms with E-state index in [1.807, 2.05) is 48.5 Å². The van der Waals surface area contributed by atoms with E-state index in [4.69, 9.17) is 5.26 Å². The second-order valence-corrected chi connectivity index (χ2v) is 5.18. The van der Waals surface area contributed by atoms with E-state index < -0.39 is 0 Å². The summed E-state index contributed by atoms with van der Waals surface area (Å²) in [5, 5.41) is 13.6. The fourth-order valence-electron chi connectivity index (χ4n) is 2.04. The Morgan fingerprint density at radius 2 is 2.00 bits per heavy atom. The van der Waals surface area contributed by atoms with Crippen molar-refractivity contribution in [2.75, 3.05) is 0 Å². The van der Waals surface area contributed by atoms with Gasteiger partial charge in [-0.15, -0.1) is 4.99 Å². The van der Waals surface area contributed by atoms with Gasteiger partial charge in [-0.05, 0) is 34.2 Å². The zero-order valence-electron chi connectivity index (χ0n) is 10.3. The van der Waals surface area contributed by atoms with Crippen molar-refractivity contribution in [3.8, 4) is 6.19 Å². The summed E-state index contributed by atoms with van der Waals surface area (Å²) in [5.74, 6) is -0.225. The molecule has 1 aliphatic rings. The lowest BCUT2D eigenvalue weighted by molar-refractivity contribution is -0.115. The fraction of sp³-hybridized carbons (Fsp3) is 0. The lowest BCUT2D eigenvalue weighted by Crippen LogP contribution is -2.19. The van der Waals surface area contributed by atoms with E-state index in [1.54, 1.807) is 6.19 Å². The minimum absolute atomic E-state index is 0.225. The maximum atomic E-state index is 11.8. The van der Waals surface area contributed by atoms with Crippen molar-refractivity contribution in [2.24, 2.45) is 4.99 Å². The summed E-state index contributed by atoms with van der Waals surface area (Å²) in [6.07, 6.45) is 3.49. The first-order valence-corrected chi connectivity index (χ1v) is 6.75. The molecule has 2 aromatic carbocycles. The maximum absolute atomic E-state index is 11.8. The zero-order valence-corrected chi connectivity index (χ0v) is 11.1. The average molecular weight is 279 g/mol. The number of nitrogens with one attached hydrogen (secondary N) is 1. The summed E-state index contributed by atoms with van der Waals surface area (Å²) in [6.45, 7) is 0. The number of thioether (sulfide) groups is 1. The average Bonchev–Trinajstić information content (AvgIpc) is 2.80. The van der Waals surface area contributed by atoms with Gasteiger partial charge < -0.3 is 0 Å². The van der Waals surface area contributed by atoms with Crippen LogP contribution in [0.15, 0.2) is 52.4 Å². The number of rotatable bonds is 1. The van der Waals surface area contributed by atoms with Crippen LogP contribution in [0.3, 0.4) is 0 Å². The Balaban J connectivity index is 2.05. The van der Waals surface area contributed by atoms with Gasteiger partial charge in [0, 0.05) is 0 Å². The lowest BCUT2D eigenvalue weighted by Gasteiger charge is -2.02. The number of nitriles is 1. The third kappa shape index (κ3) is 2.29. The van der Waals surface area contributed by atoms with E-state index in [1.165, 1.54) is 11.8 Å². The number of aliphatic imine (C=N–C) groups is 1. The van der Waals surface area contributed by atoms with Gasteiger partial charge in [0.2, 0.25) is 6.19 Å². The van der Waals surface area contributed by atoms with Gasteiger partial charge in [-0.2, -0.15) is 5.26 Å². The molecule has 20 heavy (non-hydrogen) atoms. The molecule has 1 N–H and O–H groups in total. The number of hydrogen-bond acceptors (Lipinski definition) is 4. The largest absolute Gasteiger partial charge is 0.300 e. The molecular weight excluding hydrogens is 270 g/mol. The molecule has 0 spiro atoms. The van der Waals surface area contributed by atoms with Crippen molar-refractivity contribution in [3.05, 3.63) is 52.9 Å². The van der Waals surface area contributed by atoms with Crippen LogP contribution in [-0.2, 0) is 4.79 Å². The van der Waals surface area contributed by atoms with Crippen molar-refractivity contribution < 1.29 is 4.79 Å². The van der Waals surface area contributed by atoms with Gasteiger partial charge in [0.05, 0.1) is 4.91 Å². The predicted octanol–water partition coefficient (Wildman–Crippen LogP) is 2.88. The highest BCUT2D eigenvalue weighted by atomic mass is 32.2. The number of carbonyl (C=O) groups is 1. The van der Waals surface area contributed by atoms with Crippen molar-refractivity contribution in [1.82, 2.24) is 5.32 Å². The Bertz CT molecular complexity index is 797. The summed E-state index contributed by atoms with van der Waals surface area (Å²) < 4.78 is 0. The standard InChI is InChI=1S/C15H9N3OS/c16-9-17-15-18-14(19)13(20-15)8-11-6-3-5-10-4-1-2-7-12(10)11/h1-8H,(H,17,18,19)/b13-8-. The van der Waals surface area contributed by atoms with Crippen LogP contribution in [0.2, 0.25) is 0 Å². The zero-order chi connectivity index (χ0) is 13.9. The Morgan fingerprint density at radius 3 is 2.85 bits per heavy atom. The quantitative estimate of drug-likeness (QED) is 0.645. The molecule has 0 aliphatic carbocycles. The molecule has 0 bridgehead atoms. The van der Waals surface area contributed by atoms with Crippen LogP contribution in [0.5, 0.6) is 0 Å². The summed E-state index contributed by atoms with van der Waals surface area (Å²) in [6, 6.07) is 13.9. The molecule has 96 valence electrons. The Morgan fingerprint density at radius 1 is 1.20 bits per heavy atom. The first-order valence-electron chi connectivity index (χ1n) is 5.93. The smallest absolute Gasteiger partial charge is 0.264 e. The van der Waals surface area contributed by atoms with Crippen LogP contribution in [-0.4, -0.2) is 11.1 Å². The highest BCUT2D eigenvalue weighted by Crippen LogP contribution is 2.28. The van der Waals surface area contributed by atoms with Crippen molar-refractivity contribution in [2.45, 2.75) is 0 Å². The highest BCUT2D eigenvalue weighted by molar-refractivity contribution is 8.18. The first-order chi connectivity index (χ1) is 9.78. The van der Waals surface area contributed by atoms with Crippen molar-refractivity contribution in [1.29, 1.82) is 5.26 Å². The van der Waals surface area contributed by atoms with Crippen LogP contribution < -0.4 is 5.32 Å². The fourth-order valence-corrected chi connectivity index (χ4v) is 2.81. The van der Waals surface area contributed by atoms with Crippen molar-refractivity contribution in [3.63, 3.8) is 0 Å². The van der Waals surface area contributed by atoms with E-state index in [-0.39, 0.29) is 5.91 Å². The number of hydrogen-bond donors (Lipinski definition) is 1. The molecule has 1 aliphatic heterocycles. The number of amides is 1. The van der Waals surface area contributed by atoms with E-state index >= 15 is 0 Å². The topological polar surface area (TPSA) is 65.2 Å².